The number of likely N-dealkylation sites (N-methyl/N-ethyl adjacent to an activating group) is 1. The smallest absolute Gasteiger partial charge is 0.744 e. The molecule has 3 aromatic rings. The van der Waals surface area contributed by atoms with Crippen molar-refractivity contribution in [3.05, 3.63) is 100 Å². The van der Waals surface area contributed by atoms with Gasteiger partial charge in [-0.2, -0.15) is 8.42 Å². The van der Waals surface area contributed by atoms with Crippen molar-refractivity contribution in [2.24, 2.45) is 0 Å². The molecule has 5 rings (SSSR count). The van der Waals surface area contributed by atoms with Crippen molar-refractivity contribution < 1.29 is 77.3 Å². The summed E-state index contributed by atoms with van der Waals surface area (Å²) in [5.74, 6) is -0.364. The van der Waals surface area contributed by atoms with Gasteiger partial charge in [0.2, 0.25) is 0 Å². The Labute approximate surface area is 317 Å². The van der Waals surface area contributed by atoms with Crippen LogP contribution in [0.1, 0.15) is 45.2 Å². The predicted octanol–water partition coefficient (Wildman–Crippen LogP) is 3.64. The number of fused-ring (bicyclic) bond motifs is 4. The molecule has 1 atom stereocenters. The molecule has 2 aliphatic rings. The minimum atomic E-state index is -4.61. The van der Waals surface area contributed by atoms with E-state index >= 15 is 0 Å². The monoisotopic (exact) mass is 738 g/mol. The van der Waals surface area contributed by atoms with Crippen LogP contribution in [0, 0.1) is 0 Å². The standard InChI is InChI=1S/C33H37BrN2O6S2.K/c1-32(2)26-9-6-7-10-27(26)35(5)29(32)17-12-23(34)13-18-30-33(3,4)31-25-15-14-24(44(40,41)42)21-22(25)11-16-28(31)36(30)19-8-20-43(37,38)39;/h6-7,9-18,21,30H,8,19-20H2,1-5H3,(H,37,38,39)(H,40,41,42);/q;+1/p-1/b18-13+,23-12-,29-17-;. The van der Waals surface area contributed by atoms with Crippen LogP contribution in [0.2, 0.25) is 0 Å². The first-order valence-electron chi connectivity index (χ1n) is 14.3. The van der Waals surface area contributed by atoms with Gasteiger partial charge in [0.15, 0.2) is 0 Å². The predicted molar refractivity (Wildman–Crippen MR) is 179 cm³/mol. The third kappa shape index (κ3) is 7.25. The van der Waals surface area contributed by atoms with E-state index in [2.05, 4.69) is 90.8 Å². The van der Waals surface area contributed by atoms with Crippen LogP contribution in [0.5, 0.6) is 0 Å². The molecule has 0 fully saturated rings. The number of anilines is 2. The summed E-state index contributed by atoms with van der Waals surface area (Å²) in [6.07, 6.45) is 8.42. The Bertz CT molecular complexity index is 1950. The van der Waals surface area contributed by atoms with Gasteiger partial charge in [-0.3, -0.25) is 4.55 Å². The molecule has 8 nitrogen and oxygen atoms in total. The number of hydrogen-bond acceptors (Lipinski definition) is 7. The summed E-state index contributed by atoms with van der Waals surface area (Å²) in [4.78, 5) is 4.04. The Hall–Kier alpha value is -1.32. The Morgan fingerprint density at radius 1 is 1.02 bits per heavy atom. The van der Waals surface area contributed by atoms with Crippen LogP contribution in [0.4, 0.5) is 11.4 Å². The largest absolute Gasteiger partial charge is 1.00 e. The van der Waals surface area contributed by atoms with Gasteiger partial charge in [0.25, 0.3) is 10.1 Å². The molecule has 0 radical (unpaired) electrons. The first kappa shape index (κ1) is 36.5. The van der Waals surface area contributed by atoms with Gasteiger partial charge in [0.1, 0.15) is 10.1 Å². The second-order valence-electron chi connectivity index (χ2n) is 12.5. The summed E-state index contributed by atoms with van der Waals surface area (Å²) in [6, 6.07) is 16.2. The van der Waals surface area contributed by atoms with Gasteiger partial charge >= 0.3 is 51.4 Å². The van der Waals surface area contributed by atoms with Crippen molar-refractivity contribution in [2.45, 2.75) is 55.9 Å². The van der Waals surface area contributed by atoms with Gasteiger partial charge in [-0.1, -0.05) is 80.0 Å². The molecule has 1 N–H and O–H groups in total. The maximum Gasteiger partial charge on any atom is 1.00 e. The Kier molecular flexibility index (Phi) is 10.8. The first-order valence-corrected chi connectivity index (χ1v) is 18.1. The van der Waals surface area contributed by atoms with Crippen molar-refractivity contribution in [3.63, 3.8) is 0 Å². The molecule has 45 heavy (non-hydrogen) atoms. The van der Waals surface area contributed by atoms with E-state index in [0.29, 0.717) is 11.9 Å². The molecule has 0 saturated carbocycles. The number of para-hydroxylation sites is 1. The van der Waals surface area contributed by atoms with Crippen molar-refractivity contribution in [3.8, 4) is 0 Å². The second kappa shape index (κ2) is 13.3. The maximum atomic E-state index is 11.7. The summed E-state index contributed by atoms with van der Waals surface area (Å²) in [5.41, 5.74) is 4.83. The molecule has 2 aliphatic heterocycles. The Balaban J connectivity index is 0.00000461. The molecule has 0 amide bonds. The van der Waals surface area contributed by atoms with E-state index in [4.69, 9.17) is 0 Å². The summed E-state index contributed by atoms with van der Waals surface area (Å²) in [5, 5.41) is 1.45. The molecule has 2 heterocycles. The fourth-order valence-corrected chi connectivity index (χ4v) is 8.06. The second-order valence-corrected chi connectivity index (χ2v) is 16.3. The van der Waals surface area contributed by atoms with E-state index in [1.165, 1.54) is 23.4 Å². The molecule has 0 aromatic heterocycles. The number of halogens is 1. The third-order valence-corrected chi connectivity index (χ3v) is 11.0. The molecule has 0 bridgehead atoms. The van der Waals surface area contributed by atoms with E-state index in [0.717, 1.165) is 26.8 Å². The van der Waals surface area contributed by atoms with E-state index in [1.807, 2.05) is 24.3 Å². The SMILES string of the molecule is CN1\C(=C/C=C(Br)/C=C/C2N(CCCS(=O)(=O)O)c3ccc4cc(S(=O)(=O)[O-])ccc4c3C2(C)C)C(C)(C)c2ccccc21.[K+]. The minimum absolute atomic E-state index is 0. The Morgan fingerprint density at radius 2 is 1.71 bits per heavy atom. The van der Waals surface area contributed by atoms with Crippen LogP contribution in [0.25, 0.3) is 10.8 Å². The van der Waals surface area contributed by atoms with E-state index in [1.54, 1.807) is 12.1 Å². The summed E-state index contributed by atoms with van der Waals surface area (Å²) in [7, 11) is -6.67. The number of nitrogens with zero attached hydrogens (tertiary/aromatic N) is 2. The van der Waals surface area contributed by atoms with Crippen molar-refractivity contribution in [1.29, 1.82) is 0 Å². The molecular formula is C33H36BrKN2O6S2. The summed E-state index contributed by atoms with van der Waals surface area (Å²) < 4.78 is 68.3. The van der Waals surface area contributed by atoms with Crippen LogP contribution in [-0.4, -0.2) is 51.3 Å². The summed E-state index contributed by atoms with van der Waals surface area (Å²) >= 11 is 3.72. The van der Waals surface area contributed by atoms with Crippen LogP contribution in [0.3, 0.4) is 0 Å². The fourth-order valence-electron chi connectivity index (χ4n) is 6.78. The molecule has 3 aromatic carbocycles. The molecule has 0 aliphatic carbocycles. The molecule has 0 saturated heterocycles. The van der Waals surface area contributed by atoms with Gasteiger partial charge in [-0.15, -0.1) is 0 Å². The van der Waals surface area contributed by atoms with Gasteiger partial charge in [-0.05, 0) is 70.8 Å². The van der Waals surface area contributed by atoms with Gasteiger partial charge < -0.3 is 14.4 Å². The molecule has 0 spiro atoms. The van der Waals surface area contributed by atoms with Crippen molar-refractivity contribution in [1.82, 2.24) is 0 Å². The summed E-state index contributed by atoms with van der Waals surface area (Å²) in [6.45, 7) is 8.97. The van der Waals surface area contributed by atoms with Gasteiger partial charge in [0.05, 0.1) is 16.7 Å². The quantitative estimate of drug-likeness (QED) is 0.212. The molecule has 234 valence electrons. The topological polar surface area (TPSA) is 118 Å². The zero-order valence-electron chi connectivity index (χ0n) is 26.3. The average Bonchev–Trinajstić information content (AvgIpc) is 3.27. The number of benzene rings is 3. The van der Waals surface area contributed by atoms with Gasteiger partial charge in [0, 0.05) is 46.0 Å². The number of allylic oxidation sites excluding steroid dienone is 5. The molecule has 1 unspecified atom stereocenters. The zero-order valence-corrected chi connectivity index (χ0v) is 32.6. The number of rotatable bonds is 8. The normalized spacial score (nSPS) is 20.1. The van der Waals surface area contributed by atoms with Crippen molar-refractivity contribution >= 4 is 58.3 Å². The van der Waals surface area contributed by atoms with Crippen molar-refractivity contribution in [2.75, 3.05) is 29.1 Å². The van der Waals surface area contributed by atoms with E-state index < -0.39 is 25.7 Å². The van der Waals surface area contributed by atoms with Crippen LogP contribution in [-0.2, 0) is 31.1 Å². The minimum Gasteiger partial charge on any atom is -0.744 e. The van der Waals surface area contributed by atoms with Crippen LogP contribution >= 0.6 is 15.9 Å². The number of hydrogen-bond donors (Lipinski definition) is 1. The molecule has 12 heteroatoms. The van der Waals surface area contributed by atoms with E-state index in [9.17, 15) is 25.9 Å². The third-order valence-electron chi connectivity index (χ3n) is 8.87. The average molecular weight is 740 g/mol. The fraction of sp³-hybridized carbons (Fsp3) is 0.333. The Morgan fingerprint density at radius 3 is 2.36 bits per heavy atom. The molecular weight excluding hydrogens is 704 g/mol. The first-order chi connectivity index (χ1) is 20.4. The zero-order chi connectivity index (χ0) is 32.2. The maximum absolute atomic E-state index is 11.7. The van der Waals surface area contributed by atoms with Crippen LogP contribution in [0.15, 0.2) is 94.0 Å². The van der Waals surface area contributed by atoms with E-state index in [-0.39, 0.29) is 79.9 Å². The van der Waals surface area contributed by atoms with Crippen LogP contribution < -0.4 is 61.2 Å². The van der Waals surface area contributed by atoms with Gasteiger partial charge in [-0.25, -0.2) is 8.42 Å².